The number of carbonyl (C=O) groups excluding carboxylic acids is 2. The number of fused-ring (bicyclic) bond motifs is 5. The highest BCUT2D eigenvalue weighted by molar-refractivity contribution is 6.12. The Bertz CT molecular complexity index is 2150. The fraction of sp³-hybridized carbons (Fsp3) is 0.447. The molecule has 4 heterocycles. The van der Waals surface area contributed by atoms with Gasteiger partial charge in [0.1, 0.15) is 41.0 Å². The highest BCUT2D eigenvalue weighted by atomic mass is 19.1. The number of halogens is 3. The largest absolute Gasteiger partial charge is 0.496 e. The Hall–Kier alpha value is -5.14. The van der Waals surface area contributed by atoms with Crippen LogP contribution < -0.4 is 20.1 Å². The minimum atomic E-state index is -1.22. The van der Waals surface area contributed by atoms with E-state index >= 15 is 18.0 Å². The van der Waals surface area contributed by atoms with Crippen LogP contribution in [0.3, 0.4) is 0 Å². The number of amides is 2. The van der Waals surface area contributed by atoms with Gasteiger partial charge in [-0.05, 0) is 57.7 Å². The summed E-state index contributed by atoms with van der Waals surface area (Å²) in [5.41, 5.74) is -2.11. The number of hydrogen-bond acceptors (Lipinski definition) is 8. The predicted octanol–water partition coefficient (Wildman–Crippen LogP) is 6.91. The third-order valence-electron chi connectivity index (χ3n) is 9.55. The van der Waals surface area contributed by atoms with Crippen LogP contribution in [0.1, 0.15) is 78.6 Å². The lowest BCUT2D eigenvalue weighted by Gasteiger charge is -2.50. The van der Waals surface area contributed by atoms with E-state index in [1.807, 2.05) is 27.7 Å². The highest BCUT2D eigenvalue weighted by Crippen LogP contribution is 2.46. The quantitative estimate of drug-likeness (QED) is 0.219. The van der Waals surface area contributed by atoms with Gasteiger partial charge in [-0.1, -0.05) is 33.8 Å². The van der Waals surface area contributed by atoms with Gasteiger partial charge in [0.2, 0.25) is 0 Å². The van der Waals surface area contributed by atoms with Crippen molar-refractivity contribution >= 4 is 34.3 Å². The van der Waals surface area contributed by atoms with Crippen molar-refractivity contribution in [2.75, 3.05) is 37.0 Å². The molecule has 0 unspecified atom stereocenters. The third kappa shape index (κ3) is 5.81. The summed E-state index contributed by atoms with van der Waals surface area (Å²) in [5, 5.41) is -0.0424. The highest BCUT2D eigenvalue weighted by Gasteiger charge is 2.47. The minimum absolute atomic E-state index is 0.0319. The van der Waals surface area contributed by atoms with E-state index in [0.717, 1.165) is 16.7 Å². The molecule has 2 aliphatic rings. The summed E-state index contributed by atoms with van der Waals surface area (Å²) in [7, 11) is 2.68. The van der Waals surface area contributed by atoms with Crippen LogP contribution in [0.5, 0.6) is 5.75 Å². The molecule has 2 aromatic heterocycles. The lowest BCUT2D eigenvalue weighted by Crippen LogP contribution is -2.66. The van der Waals surface area contributed by atoms with Crippen molar-refractivity contribution in [1.29, 1.82) is 0 Å². The van der Waals surface area contributed by atoms with Gasteiger partial charge >= 0.3 is 6.09 Å². The summed E-state index contributed by atoms with van der Waals surface area (Å²) >= 11 is 0. The Morgan fingerprint density at radius 2 is 1.56 bits per heavy atom. The molecular formula is C38H43F3N6O5. The lowest BCUT2D eigenvalue weighted by atomic mass is 9.94. The number of benzene rings is 2. The zero-order chi connectivity index (χ0) is 38.1. The molecule has 2 atom stereocenters. The first-order valence-electron chi connectivity index (χ1n) is 17.2. The first-order chi connectivity index (χ1) is 24.4. The van der Waals surface area contributed by atoms with Crippen LogP contribution in [0.15, 0.2) is 35.4 Å². The molecule has 1 fully saturated rings. The van der Waals surface area contributed by atoms with Gasteiger partial charge in [-0.2, -0.15) is 0 Å². The number of likely N-dealkylation sites (N-methyl/N-ethyl adjacent to an activating group) is 1. The molecule has 0 saturated carbocycles. The zero-order valence-corrected chi connectivity index (χ0v) is 31.0. The number of aromatic nitrogens is 3. The van der Waals surface area contributed by atoms with Gasteiger partial charge in [-0.3, -0.25) is 14.2 Å². The van der Waals surface area contributed by atoms with Crippen molar-refractivity contribution in [2.45, 2.75) is 84.9 Å². The number of anilines is 2. The zero-order valence-electron chi connectivity index (χ0n) is 31.0. The smallest absolute Gasteiger partial charge is 0.410 e. The summed E-state index contributed by atoms with van der Waals surface area (Å²) in [6.07, 6.45) is 0.755. The number of carbonyl (C=O) groups is 2. The molecule has 52 heavy (non-hydrogen) atoms. The Labute approximate surface area is 300 Å². The maximum Gasteiger partial charge on any atom is 0.410 e. The van der Waals surface area contributed by atoms with Gasteiger partial charge in [0.15, 0.2) is 5.82 Å². The van der Waals surface area contributed by atoms with Gasteiger partial charge < -0.3 is 24.2 Å². The molecule has 276 valence electrons. The Morgan fingerprint density at radius 1 is 0.923 bits per heavy atom. The molecule has 14 heteroatoms. The van der Waals surface area contributed by atoms with Gasteiger partial charge in [0, 0.05) is 25.0 Å². The summed E-state index contributed by atoms with van der Waals surface area (Å²) in [6, 6.07) is 3.32. The monoisotopic (exact) mass is 720 g/mol. The third-order valence-corrected chi connectivity index (χ3v) is 9.55. The summed E-state index contributed by atoms with van der Waals surface area (Å²) < 4.78 is 61.9. The number of pyridine rings is 1. The molecule has 2 aliphatic heterocycles. The lowest BCUT2D eigenvalue weighted by molar-refractivity contribution is -0.121. The van der Waals surface area contributed by atoms with E-state index in [0.29, 0.717) is 11.4 Å². The Balaban J connectivity index is 1.76. The Morgan fingerprint density at radius 3 is 2.13 bits per heavy atom. The number of nitrogens with zero attached hydrogens (tertiary/aromatic N) is 6. The normalized spacial score (nSPS) is 17.6. The van der Waals surface area contributed by atoms with Crippen LogP contribution in [0, 0.1) is 17.5 Å². The van der Waals surface area contributed by atoms with E-state index in [2.05, 4.69) is 9.97 Å². The fourth-order valence-electron chi connectivity index (χ4n) is 7.22. The summed E-state index contributed by atoms with van der Waals surface area (Å²) in [5.74, 6) is -4.45. The second-order valence-corrected chi connectivity index (χ2v) is 14.9. The molecule has 0 N–H and O–H groups in total. The predicted molar refractivity (Wildman–Crippen MR) is 192 cm³/mol. The molecule has 11 nitrogen and oxygen atoms in total. The minimum Gasteiger partial charge on any atom is -0.496 e. The molecule has 0 radical (unpaired) electrons. The molecule has 0 spiro atoms. The van der Waals surface area contributed by atoms with Crippen molar-refractivity contribution in [3.05, 3.63) is 69.8 Å². The molecule has 0 bridgehead atoms. The summed E-state index contributed by atoms with van der Waals surface area (Å²) in [4.78, 5) is 55.8. The number of rotatable bonds is 5. The molecule has 2 aromatic carbocycles. The van der Waals surface area contributed by atoms with Crippen molar-refractivity contribution in [3.8, 4) is 22.6 Å². The standard InChI is InChI=1S/C38H43F3N6O5/c1-18(2)29-33(30(19(3)4)43-17-42-29)47-31-21(14-23(40)27(28(31)41)26-22(39)12-11-13-25(26)51-10)32-34(36(47)49)44(9)35(48)24-16-45(20(5)15-46(24)32)37(50)52-38(6,7)8/h11-14,17-20,24H,15-16H2,1-10H3/t20-,24-/m1/s1. The van der Waals surface area contributed by atoms with Crippen LogP contribution in [0.4, 0.5) is 29.3 Å². The Kier molecular flexibility index (Phi) is 9.25. The van der Waals surface area contributed by atoms with E-state index in [-0.39, 0.29) is 58.6 Å². The molecule has 4 aromatic rings. The van der Waals surface area contributed by atoms with E-state index in [9.17, 15) is 9.59 Å². The average molecular weight is 721 g/mol. The van der Waals surface area contributed by atoms with Crippen LogP contribution >= 0.6 is 0 Å². The fourth-order valence-corrected chi connectivity index (χ4v) is 7.22. The average Bonchev–Trinajstić information content (AvgIpc) is 3.06. The van der Waals surface area contributed by atoms with E-state index in [1.165, 1.54) is 42.4 Å². The second-order valence-electron chi connectivity index (χ2n) is 14.9. The first-order valence-corrected chi connectivity index (χ1v) is 17.2. The van der Waals surface area contributed by atoms with Crippen LogP contribution in [0.2, 0.25) is 0 Å². The maximum atomic E-state index is 17.6. The number of piperazine rings is 1. The van der Waals surface area contributed by atoms with Gasteiger partial charge in [0.25, 0.3) is 11.5 Å². The molecule has 1 saturated heterocycles. The van der Waals surface area contributed by atoms with Crippen molar-refractivity contribution in [3.63, 3.8) is 0 Å². The first kappa shape index (κ1) is 36.6. The second kappa shape index (κ2) is 13.1. The van der Waals surface area contributed by atoms with E-state index < -0.39 is 63.8 Å². The van der Waals surface area contributed by atoms with E-state index in [1.54, 1.807) is 32.6 Å². The SMILES string of the molecule is COc1cccc(F)c1-c1c(F)cc2c3c(c(=O)n(-c4c(C(C)C)ncnc4C(C)C)c2c1F)N(C)C(=O)[C@H]1CN(C(=O)OC(C)(C)C)[C@H](C)CN31. The maximum absolute atomic E-state index is 17.6. The molecule has 2 amide bonds. The van der Waals surface area contributed by atoms with Gasteiger partial charge in [-0.15, -0.1) is 0 Å². The van der Waals surface area contributed by atoms with Crippen LogP contribution in [-0.4, -0.2) is 76.4 Å². The van der Waals surface area contributed by atoms with Crippen LogP contribution in [0.25, 0.3) is 27.7 Å². The molecular weight excluding hydrogens is 677 g/mol. The number of ether oxygens (including phenoxy) is 2. The van der Waals surface area contributed by atoms with E-state index in [4.69, 9.17) is 9.47 Å². The van der Waals surface area contributed by atoms with Gasteiger partial charge in [0.05, 0.1) is 53.1 Å². The van der Waals surface area contributed by atoms with Crippen molar-refractivity contribution in [1.82, 2.24) is 19.4 Å². The number of methoxy groups -OCH3 is 1. The molecule has 0 aliphatic carbocycles. The topological polar surface area (TPSA) is 110 Å². The van der Waals surface area contributed by atoms with Gasteiger partial charge in [-0.25, -0.2) is 27.9 Å². The number of hydrogen-bond donors (Lipinski definition) is 0. The van der Waals surface area contributed by atoms with Crippen LogP contribution in [-0.2, 0) is 9.53 Å². The van der Waals surface area contributed by atoms with Crippen molar-refractivity contribution in [2.24, 2.45) is 0 Å². The van der Waals surface area contributed by atoms with Crippen molar-refractivity contribution < 1.29 is 32.2 Å². The summed E-state index contributed by atoms with van der Waals surface area (Å²) in [6.45, 7) is 14.3. The molecule has 6 rings (SSSR count).